The lowest BCUT2D eigenvalue weighted by Crippen LogP contribution is -2.45. The highest BCUT2D eigenvalue weighted by molar-refractivity contribution is 5.91. The van der Waals surface area contributed by atoms with Crippen LogP contribution < -0.4 is 5.32 Å². The minimum atomic E-state index is 0. The van der Waals surface area contributed by atoms with Crippen LogP contribution in [-0.2, 0) is 0 Å². The fraction of sp³-hybridized carbons (Fsp3) is 0.412. The molecule has 0 amide bonds. The van der Waals surface area contributed by atoms with Crippen molar-refractivity contribution in [3.63, 3.8) is 0 Å². The molecule has 0 spiro atoms. The van der Waals surface area contributed by atoms with E-state index < -0.39 is 0 Å². The Balaban J connectivity index is 0.00000121. The Hall–Kier alpha value is -1.000. The third-order valence-corrected chi connectivity index (χ3v) is 4.27. The first-order chi connectivity index (χ1) is 9.81. The molecule has 0 aliphatic carbocycles. The van der Waals surface area contributed by atoms with Crippen molar-refractivity contribution >= 4 is 35.6 Å². The number of nitrogens with zero attached hydrogens (tertiary/aromatic N) is 1. The van der Waals surface area contributed by atoms with Crippen molar-refractivity contribution in [2.24, 2.45) is 0 Å². The molecule has 1 heterocycles. The van der Waals surface area contributed by atoms with Crippen LogP contribution in [0.4, 0.5) is 0 Å². The molecule has 22 heavy (non-hydrogen) atoms. The largest absolute Gasteiger partial charge is 0.507 e. The number of piperazine rings is 1. The molecule has 1 aliphatic rings. The van der Waals surface area contributed by atoms with Gasteiger partial charge in [0, 0.05) is 37.6 Å². The minimum Gasteiger partial charge on any atom is -0.507 e. The van der Waals surface area contributed by atoms with Crippen LogP contribution in [0.5, 0.6) is 5.75 Å². The van der Waals surface area contributed by atoms with Crippen molar-refractivity contribution < 1.29 is 5.11 Å². The van der Waals surface area contributed by atoms with E-state index >= 15 is 0 Å². The Morgan fingerprint density at radius 3 is 2.32 bits per heavy atom. The molecule has 3 rings (SSSR count). The smallest absolute Gasteiger partial charge is 0.123 e. The zero-order valence-corrected chi connectivity index (χ0v) is 14.4. The van der Waals surface area contributed by atoms with E-state index in [-0.39, 0.29) is 24.8 Å². The average molecular weight is 343 g/mol. The van der Waals surface area contributed by atoms with Crippen molar-refractivity contribution in [1.29, 1.82) is 0 Å². The van der Waals surface area contributed by atoms with Crippen molar-refractivity contribution in [2.75, 3.05) is 26.2 Å². The second kappa shape index (κ2) is 8.59. The van der Waals surface area contributed by atoms with Crippen LogP contribution in [0.1, 0.15) is 24.9 Å². The Labute approximate surface area is 144 Å². The topological polar surface area (TPSA) is 35.5 Å². The monoisotopic (exact) mass is 342 g/mol. The molecule has 0 unspecified atom stereocenters. The summed E-state index contributed by atoms with van der Waals surface area (Å²) in [6.45, 7) is 6.55. The van der Waals surface area contributed by atoms with E-state index in [0.29, 0.717) is 11.8 Å². The highest BCUT2D eigenvalue weighted by atomic mass is 35.5. The van der Waals surface area contributed by atoms with Crippen LogP contribution in [0.15, 0.2) is 36.4 Å². The number of hydrogen-bond acceptors (Lipinski definition) is 3. The number of halogens is 2. The fourth-order valence-corrected chi connectivity index (χ4v) is 3.27. The second-order valence-electron chi connectivity index (χ2n) is 5.43. The number of hydrogen-bond donors (Lipinski definition) is 2. The van der Waals surface area contributed by atoms with E-state index in [4.69, 9.17) is 0 Å². The lowest BCUT2D eigenvalue weighted by atomic mass is 9.95. The molecule has 1 fully saturated rings. The van der Waals surface area contributed by atoms with Gasteiger partial charge < -0.3 is 10.4 Å². The molecule has 5 heteroatoms. The van der Waals surface area contributed by atoms with Crippen molar-refractivity contribution in [1.82, 2.24) is 10.2 Å². The molecular formula is C17H24Cl2N2O. The predicted octanol–water partition coefficient (Wildman–Crippen LogP) is 3.75. The summed E-state index contributed by atoms with van der Waals surface area (Å²) in [5.74, 6) is 0.375. The Kier molecular flexibility index (Phi) is 7.43. The van der Waals surface area contributed by atoms with E-state index in [0.717, 1.165) is 38.0 Å². The lowest BCUT2D eigenvalue weighted by Gasteiger charge is -2.35. The maximum absolute atomic E-state index is 10.0. The van der Waals surface area contributed by atoms with Gasteiger partial charge in [-0.2, -0.15) is 0 Å². The molecule has 0 radical (unpaired) electrons. The van der Waals surface area contributed by atoms with E-state index in [9.17, 15) is 5.11 Å². The SMILES string of the molecule is CC[C@@H](c1ccc(O)c2ccccc12)N1CCNCC1.Cl.Cl. The van der Waals surface area contributed by atoms with Gasteiger partial charge >= 0.3 is 0 Å². The normalized spacial score (nSPS) is 16.6. The van der Waals surface area contributed by atoms with Crippen LogP contribution in [0.3, 0.4) is 0 Å². The third-order valence-electron chi connectivity index (χ3n) is 4.27. The quantitative estimate of drug-likeness (QED) is 0.891. The molecule has 2 aromatic carbocycles. The minimum absolute atomic E-state index is 0. The maximum atomic E-state index is 10.0. The Morgan fingerprint density at radius 1 is 1.05 bits per heavy atom. The van der Waals surface area contributed by atoms with Crippen molar-refractivity contribution in [3.8, 4) is 5.75 Å². The first kappa shape index (κ1) is 19.0. The van der Waals surface area contributed by atoms with Gasteiger partial charge in [0.15, 0.2) is 0 Å². The molecule has 0 bridgehead atoms. The molecule has 0 aromatic heterocycles. The molecular weight excluding hydrogens is 319 g/mol. The van der Waals surface area contributed by atoms with Gasteiger partial charge in [0.1, 0.15) is 5.75 Å². The van der Waals surface area contributed by atoms with Gasteiger partial charge in [-0.3, -0.25) is 4.90 Å². The van der Waals surface area contributed by atoms with Gasteiger partial charge in [0.05, 0.1) is 0 Å². The van der Waals surface area contributed by atoms with Crippen LogP contribution in [-0.4, -0.2) is 36.2 Å². The molecule has 1 aliphatic heterocycles. The van der Waals surface area contributed by atoms with E-state index in [2.05, 4.69) is 35.3 Å². The van der Waals surface area contributed by atoms with Gasteiger partial charge in [-0.15, -0.1) is 24.8 Å². The molecule has 2 aromatic rings. The number of phenols is 1. The Morgan fingerprint density at radius 2 is 1.68 bits per heavy atom. The summed E-state index contributed by atoms with van der Waals surface area (Å²) in [6.07, 6.45) is 1.09. The number of phenolic OH excluding ortho intramolecular Hbond substituents is 1. The standard InChI is InChI=1S/C17H22N2O.2ClH/c1-2-16(19-11-9-18-10-12-19)14-7-8-17(20)15-6-4-3-5-13(14)15;;/h3-8,16,18,20H,2,9-12H2,1H3;2*1H/t16-;;/m0../s1. The van der Waals surface area contributed by atoms with Gasteiger partial charge in [-0.05, 0) is 23.4 Å². The average Bonchev–Trinajstić information content (AvgIpc) is 2.52. The number of nitrogens with one attached hydrogen (secondary N) is 1. The number of benzene rings is 2. The van der Waals surface area contributed by atoms with E-state index in [1.54, 1.807) is 0 Å². The van der Waals surface area contributed by atoms with E-state index in [1.807, 2.05) is 18.2 Å². The summed E-state index contributed by atoms with van der Waals surface area (Å²) < 4.78 is 0. The van der Waals surface area contributed by atoms with Crippen LogP contribution in [0, 0.1) is 0 Å². The predicted molar refractivity (Wildman–Crippen MR) is 97.6 cm³/mol. The van der Waals surface area contributed by atoms with Crippen LogP contribution in [0.2, 0.25) is 0 Å². The van der Waals surface area contributed by atoms with Gasteiger partial charge in [0.2, 0.25) is 0 Å². The van der Waals surface area contributed by atoms with E-state index in [1.165, 1.54) is 10.9 Å². The molecule has 3 nitrogen and oxygen atoms in total. The summed E-state index contributed by atoms with van der Waals surface area (Å²) in [7, 11) is 0. The fourth-order valence-electron chi connectivity index (χ4n) is 3.27. The number of aromatic hydroxyl groups is 1. The van der Waals surface area contributed by atoms with Crippen molar-refractivity contribution in [3.05, 3.63) is 42.0 Å². The molecule has 1 atom stereocenters. The van der Waals surface area contributed by atoms with Crippen LogP contribution in [0.25, 0.3) is 10.8 Å². The first-order valence-electron chi connectivity index (χ1n) is 7.46. The van der Waals surface area contributed by atoms with Crippen molar-refractivity contribution in [2.45, 2.75) is 19.4 Å². The zero-order chi connectivity index (χ0) is 13.9. The summed E-state index contributed by atoms with van der Waals surface area (Å²) in [5.41, 5.74) is 1.34. The lowest BCUT2D eigenvalue weighted by molar-refractivity contribution is 0.170. The molecule has 122 valence electrons. The zero-order valence-electron chi connectivity index (χ0n) is 12.8. The summed E-state index contributed by atoms with van der Waals surface area (Å²) in [6, 6.07) is 12.5. The maximum Gasteiger partial charge on any atom is 0.123 e. The van der Waals surface area contributed by atoms with Gasteiger partial charge in [-0.1, -0.05) is 37.3 Å². The highest BCUT2D eigenvalue weighted by Crippen LogP contribution is 2.34. The summed E-state index contributed by atoms with van der Waals surface area (Å²) in [5, 5.41) is 15.6. The summed E-state index contributed by atoms with van der Waals surface area (Å²) >= 11 is 0. The Bertz CT molecular complexity index is 600. The second-order valence-corrected chi connectivity index (χ2v) is 5.43. The van der Waals surface area contributed by atoms with Gasteiger partial charge in [0.25, 0.3) is 0 Å². The number of fused-ring (bicyclic) bond motifs is 1. The summed E-state index contributed by atoms with van der Waals surface area (Å²) in [4.78, 5) is 2.55. The van der Waals surface area contributed by atoms with Gasteiger partial charge in [-0.25, -0.2) is 0 Å². The molecule has 1 saturated heterocycles. The molecule has 0 saturated carbocycles. The number of rotatable bonds is 3. The first-order valence-corrected chi connectivity index (χ1v) is 7.46. The highest BCUT2D eigenvalue weighted by Gasteiger charge is 2.22. The third kappa shape index (κ3) is 3.66. The van der Waals surface area contributed by atoms with Crippen LogP contribution >= 0.6 is 24.8 Å². The molecule has 2 N–H and O–H groups in total.